The highest BCUT2D eigenvalue weighted by molar-refractivity contribution is 5.97. The molecule has 0 unspecified atom stereocenters. The molecule has 4 rings (SSSR count). The maximum absolute atomic E-state index is 13.9. The summed E-state index contributed by atoms with van der Waals surface area (Å²) in [5, 5.41) is 0. The number of rotatable bonds is 5. The second-order valence-corrected chi connectivity index (χ2v) is 7.48. The fourth-order valence-electron chi connectivity index (χ4n) is 3.68. The zero-order valence-electron chi connectivity index (χ0n) is 17.3. The van der Waals surface area contributed by atoms with Crippen molar-refractivity contribution in [1.82, 2.24) is 15.0 Å². The van der Waals surface area contributed by atoms with Crippen molar-refractivity contribution < 1.29 is 13.6 Å². The van der Waals surface area contributed by atoms with Crippen LogP contribution >= 0.6 is 0 Å². The van der Waals surface area contributed by atoms with Gasteiger partial charge in [-0.3, -0.25) is 19.7 Å². The highest BCUT2D eigenvalue weighted by Crippen LogP contribution is 2.32. The molecule has 0 spiro atoms. The van der Waals surface area contributed by atoms with E-state index in [1.165, 1.54) is 12.3 Å². The molecule has 160 valence electrons. The minimum atomic E-state index is -0.893. The minimum Gasteiger partial charge on any atom is -0.361 e. The first-order valence-electron chi connectivity index (χ1n) is 10.0. The topological polar surface area (TPSA) is 63.3 Å². The molecule has 0 amide bonds. The van der Waals surface area contributed by atoms with E-state index < -0.39 is 23.0 Å². The summed E-state index contributed by atoms with van der Waals surface area (Å²) in [4.78, 5) is 31.1. The molecule has 3 heterocycles. The number of benzene rings is 1. The van der Waals surface area contributed by atoms with Crippen LogP contribution in [0.5, 0.6) is 0 Å². The number of anilines is 1. The summed E-state index contributed by atoms with van der Waals surface area (Å²) in [6.07, 6.45) is 5.22. The summed E-state index contributed by atoms with van der Waals surface area (Å²) in [7, 11) is 0. The average Bonchev–Trinajstić information content (AvgIpc) is 2.80. The van der Waals surface area contributed by atoms with Crippen LogP contribution in [-0.2, 0) is 6.42 Å². The van der Waals surface area contributed by atoms with Crippen molar-refractivity contribution in [2.75, 3.05) is 18.0 Å². The van der Waals surface area contributed by atoms with Crippen LogP contribution in [0.2, 0.25) is 0 Å². The van der Waals surface area contributed by atoms with Gasteiger partial charge in [0.1, 0.15) is 17.5 Å². The van der Waals surface area contributed by atoms with Gasteiger partial charge < -0.3 is 4.90 Å². The molecule has 0 saturated carbocycles. The largest absolute Gasteiger partial charge is 0.361 e. The predicted molar refractivity (Wildman–Crippen MR) is 116 cm³/mol. The highest BCUT2D eigenvalue weighted by atomic mass is 19.1. The third-order valence-corrected chi connectivity index (χ3v) is 5.40. The predicted octanol–water partition coefficient (Wildman–Crippen LogP) is 4.81. The molecule has 0 radical (unpaired) electrons. The van der Waals surface area contributed by atoms with Crippen molar-refractivity contribution in [3.63, 3.8) is 0 Å². The molecule has 0 fully saturated rings. The number of carbonyl (C=O) groups excluding carboxylic acids is 1. The molecule has 8 heteroatoms. The van der Waals surface area contributed by atoms with Crippen molar-refractivity contribution in [1.29, 1.82) is 0 Å². The lowest BCUT2D eigenvalue weighted by Gasteiger charge is -2.31. The van der Waals surface area contributed by atoms with E-state index in [1.807, 2.05) is 11.8 Å². The third kappa shape index (κ3) is 4.23. The number of hydrogen-bond acceptors (Lipinski definition) is 5. The molecule has 32 heavy (non-hydrogen) atoms. The molecular formula is C24H19F2N5O. The molecule has 0 aliphatic carbocycles. The Kier molecular flexibility index (Phi) is 5.99. The number of halogens is 2. The number of hydrogen-bond donors (Lipinski definition) is 0. The molecule has 1 aliphatic rings. The van der Waals surface area contributed by atoms with E-state index in [-0.39, 0.29) is 6.42 Å². The van der Waals surface area contributed by atoms with Crippen LogP contribution in [-0.4, -0.2) is 33.8 Å². The Balaban J connectivity index is 1.53. The van der Waals surface area contributed by atoms with Gasteiger partial charge in [-0.25, -0.2) is 13.6 Å². The smallest absolute Gasteiger partial charge is 0.228 e. The molecule has 0 saturated heterocycles. The van der Waals surface area contributed by atoms with Crippen LogP contribution in [0.25, 0.3) is 10.4 Å². The lowest BCUT2D eigenvalue weighted by atomic mass is 9.98. The Bertz CT molecular complexity index is 1230. The number of carbonyl (C=O) groups is 1. The zero-order chi connectivity index (χ0) is 22.7. The van der Waals surface area contributed by atoms with E-state index in [4.69, 9.17) is 6.57 Å². The Labute approximate surface area is 184 Å². The average molecular weight is 431 g/mol. The Morgan fingerprint density at radius 1 is 1.12 bits per heavy atom. The number of aromatic nitrogens is 3. The van der Waals surface area contributed by atoms with Gasteiger partial charge >= 0.3 is 0 Å². The van der Waals surface area contributed by atoms with Crippen LogP contribution in [0.1, 0.15) is 35.1 Å². The van der Waals surface area contributed by atoms with Gasteiger partial charge in [0.2, 0.25) is 5.69 Å². The number of Topliss-reactive ketones (excluding diaryl/α,β-unsaturated/α-hetero) is 1. The summed E-state index contributed by atoms with van der Waals surface area (Å²) < 4.78 is 27.7. The van der Waals surface area contributed by atoms with Crippen LogP contribution < -0.4 is 4.90 Å². The Morgan fingerprint density at radius 3 is 2.59 bits per heavy atom. The van der Waals surface area contributed by atoms with E-state index in [9.17, 15) is 13.6 Å². The van der Waals surface area contributed by atoms with Crippen molar-refractivity contribution in [2.45, 2.75) is 19.8 Å². The van der Waals surface area contributed by atoms with Crippen LogP contribution in [0.4, 0.5) is 20.3 Å². The molecule has 0 N–H and O–H groups in total. The second-order valence-electron chi connectivity index (χ2n) is 7.48. The summed E-state index contributed by atoms with van der Waals surface area (Å²) in [5.74, 6) is -1.84. The summed E-state index contributed by atoms with van der Waals surface area (Å²) in [6, 6.07) is 6.80. The SMILES string of the molecule is [C-]#[N+]c1cccnc1N1CCC(C)=C(c2cnc(CC(=O)c3c(F)cccc3F)cn2)C1. The summed E-state index contributed by atoms with van der Waals surface area (Å²) in [6.45, 7) is 10.7. The van der Waals surface area contributed by atoms with Gasteiger partial charge in [0, 0.05) is 25.5 Å². The molecule has 3 aromatic rings. The Hall–Kier alpha value is -3.99. The first kappa shape index (κ1) is 21.2. The van der Waals surface area contributed by atoms with Gasteiger partial charge in [0.15, 0.2) is 5.78 Å². The van der Waals surface area contributed by atoms with Gasteiger partial charge in [-0.15, -0.1) is 0 Å². The normalized spacial score (nSPS) is 13.8. The van der Waals surface area contributed by atoms with E-state index in [0.29, 0.717) is 29.4 Å². The maximum Gasteiger partial charge on any atom is 0.228 e. The van der Waals surface area contributed by atoms with Crippen LogP contribution in [0.3, 0.4) is 0 Å². The summed E-state index contributed by atoms with van der Waals surface area (Å²) in [5.41, 5.74) is 3.04. The molecule has 2 aromatic heterocycles. The lowest BCUT2D eigenvalue weighted by Crippen LogP contribution is -2.31. The quantitative estimate of drug-likeness (QED) is 0.429. The molecule has 1 aromatic carbocycles. The monoisotopic (exact) mass is 431 g/mol. The molecule has 6 nitrogen and oxygen atoms in total. The van der Waals surface area contributed by atoms with Gasteiger partial charge in [0.05, 0.1) is 36.1 Å². The van der Waals surface area contributed by atoms with E-state index in [0.717, 1.165) is 36.2 Å². The minimum absolute atomic E-state index is 0.252. The lowest BCUT2D eigenvalue weighted by molar-refractivity contribution is 0.0983. The first-order chi connectivity index (χ1) is 15.5. The fraction of sp³-hybridized carbons (Fsp3) is 0.208. The number of pyridine rings is 1. The molecular weight excluding hydrogens is 412 g/mol. The molecule has 0 atom stereocenters. The van der Waals surface area contributed by atoms with Crippen molar-refractivity contribution in [2.24, 2.45) is 0 Å². The fourth-order valence-corrected chi connectivity index (χ4v) is 3.68. The number of ketones is 1. The maximum atomic E-state index is 13.9. The number of nitrogens with zero attached hydrogens (tertiary/aromatic N) is 5. The van der Waals surface area contributed by atoms with Crippen LogP contribution in [0, 0.1) is 18.2 Å². The standard InChI is InChI=1S/C24H19F2N5O/c1-15-8-10-31(24-20(27-2)7-4-9-28-24)14-17(15)21-13-29-16(12-30-21)11-22(32)23-18(25)5-3-6-19(23)26/h3-7,9,12-13H,8,10-11,14H2,1H3. The van der Waals surface area contributed by atoms with E-state index >= 15 is 0 Å². The van der Waals surface area contributed by atoms with Crippen LogP contribution in [0.15, 0.2) is 54.5 Å². The van der Waals surface area contributed by atoms with Gasteiger partial charge in [-0.1, -0.05) is 23.8 Å². The molecule has 1 aliphatic heterocycles. The van der Waals surface area contributed by atoms with Gasteiger partial charge in [-0.05, 0) is 31.1 Å². The third-order valence-electron chi connectivity index (χ3n) is 5.40. The van der Waals surface area contributed by atoms with Crippen molar-refractivity contribution in [3.8, 4) is 0 Å². The molecule has 0 bridgehead atoms. The Morgan fingerprint density at radius 2 is 1.91 bits per heavy atom. The van der Waals surface area contributed by atoms with Crippen molar-refractivity contribution >= 4 is 22.9 Å². The van der Waals surface area contributed by atoms with Crippen molar-refractivity contribution in [3.05, 3.63) is 94.5 Å². The van der Waals surface area contributed by atoms with Gasteiger partial charge in [0.25, 0.3) is 0 Å². The van der Waals surface area contributed by atoms with E-state index in [1.54, 1.807) is 24.5 Å². The first-order valence-corrected chi connectivity index (χ1v) is 10.0. The van der Waals surface area contributed by atoms with E-state index in [2.05, 4.69) is 19.8 Å². The second kappa shape index (κ2) is 9.02. The zero-order valence-corrected chi connectivity index (χ0v) is 17.3. The highest BCUT2D eigenvalue weighted by Gasteiger charge is 2.23. The summed E-state index contributed by atoms with van der Waals surface area (Å²) >= 11 is 0. The van der Waals surface area contributed by atoms with Gasteiger partial charge in [-0.2, -0.15) is 0 Å².